The SMILES string of the molecule is CC1(C)O[C@@H]2[C@H](O1)[C@@H](COP(=O)(CP(=O)(OCc1ccccc1)OCc1ccccc1)OCc1ccccc1)O[C@H]2c1nc(C(N)=O)cs1. The van der Waals surface area contributed by atoms with Crippen LogP contribution in [0.2, 0.25) is 0 Å². The molecule has 0 aliphatic carbocycles. The highest BCUT2D eigenvalue weighted by atomic mass is 32.1. The highest BCUT2D eigenvalue weighted by Gasteiger charge is 2.57. The lowest BCUT2D eigenvalue weighted by Crippen LogP contribution is -2.32. The van der Waals surface area contributed by atoms with Gasteiger partial charge in [-0.25, -0.2) is 4.98 Å². The van der Waals surface area contributed by atoms with Gasteiger partial charge in [0.15, 0.2) is 11.7 Å². The lowest BCUT2D eigenvalue weighted by atomic mass is 10.1. The van der Waals surface area contributed by atoms with Crippen molar-refractivity contribution in [2.24, 2.45) is 5.73 Å². The number of hydrogen-bond acceptors (Lipinski definition) is 12. The molecular formula is C34H38N2O10P2S. The fourth-order valence-corrected chi connectivity index (χ4v) is 10.9. The lowest BCUT2D eigenvalue weighted by Gasteiger charge is -2.27. The summed E-state index contributed by atoms with van der Waals surface area (Å²) in [6.07, 6.45) is -2.74. The molecule has 6 rings (SSSR count). The van der Waals surface area contributed by atoms with E-state index in [1.807, 2.05) is 91.0 Å². The number of nitrogens with zero attached hydrogens (tertiary/aromatic N) is 1. The van der Waals surface area contributed by atoms with Crippen LogP contribution in [-0.4, -0.2) is 47.5 Å². The lowest BCUT2D eigenvalue weighted by molar-refractivity contribution is -0.190. The second-order valence-corrected chi connectivity index (χ2v) is 17.5. The van der Waals surface area contributed by atoms with E-state index < -0.39 is 57.2 Å². The first-order valence-electron chi connectivity index (χ1n) is 15.6. The topological polar surface area (TPSA) is 155 Å². The third kappa shape index (κ3) is 9.39. The highest BCUT2D eigenvalue weighted by molar-refractivity contribution is 7.71. The van der Waals surface area contributed by atoms with Crippen molar-refractivity contribution in [3.8, 4) is 0 Å². The summed E-state index contributed by atoms with van der Waals surface area (Å²) in [6.45, 7) is 3.09. The van der Waals surface area contributed by atoms with Crippen LogP contribution in [-0.2, 0) is 61.3 Å². The van der Waals surface area contributed by atoms with E-state index >= 15 is 0 Å². The first-order valence-corrected chi connectivity index (χ1v) is 20.0. The zero-order valence-electron chi connectivity index (χ0n) is 27.0. The summed E-state index contributed by atoms with van der Waals surface area (Å²) in [4.78, 5) is 16.1. The van der Waals surface area contributed by atoms with Crippen LogP contribution < -0.4 is 5.73 Å². The number of thiazole rings is 1. The smallest absolute Gasteiger partial charge is 0.343 e. The number of nitrogens with two attached hydrogens (primary N) is 1. The van der Waals surface area contributed by atoms with Gasteiger partial charge in [0.2, 0.25) is 0 Å². The summed E-state index contributed by atoms with van der Waals surface area (Å²) in [5.74, 6) is -2.28. The van der Waals surface area contributed by atoms with Gasteiger partial charge in [0.1, 0.15) is 35.1 Å². The molecule has 1 aromatic heterocycles. The largest absolute Gasteiger partial charge is 0.364 e. The Morgan fingerprint density at radius 2 is 1.24 bits per heavy atom. The van der Waals surface area contributed by atoms with Gasteiger partial charge in [-0.3, -0.25) is 13.9 Å². The summed E-state index contributed by atoms with van der Waals surface area (Å²) >= 11 is 1.21. The molecule has 1 amide bonds. The van der Waals surface area contributed by atoms with E-state index in [-0.39, 0.29) is 32.1 Å². The van der Waals surface area contributed by atoms with Crippen LogP contribution in [0.1, 0.15) is 52.1 Å². The molecule has 2 fully saturated rings. The Kier molecular flexibility index (Phi) is 11.3. The maximum Gasteiger partial charge on any atom is 0.343 e. The van der Waals surface area contributed by atoms with Crippen LogP contribution in [0.3, 0.4) is 0 Å². The molecular weight excluding hydrogens is 690 g/mol. The highest BCUT2D eigenvalue weighted by Crippen LogP contribution is 2.65. The van der Waals surface area contributed by atoms with Crippen LogP contribution in [0, 0.1) is 0 Å². The number of ether oxygens (including phenoxy) is 3. The van der Waals surface area contributed by atoms with Crippen LogP contribution in [0.15, 0.2) is 96.4 Å². The molecule has 2 aliphatic rings. The van der Waals surface area contributed by atoms with Gasteiger partial charge in [-0.05, 0) is 30.5 Å². The summed E-state index contributed by atoms with van der Waals surface area (Å²) in [5, 5.41) is 2.03. The number of benzene rings is 3. The van der Waals surface area contributed by atoms with Gasteiger partial charge in [-0.15, -0.1) is 11.3 Å². The van der Waals surface area contributed by atoms with E-state index in [0.717, 1.165) is 16.7 Å². The van der Waals surface area contributed by atoms with Crippen molar-refractivity contribution in [2.45, 2.75) is 63.9 Å². The standard InChI is InChI=1S/C34H38N2O10P2S/c1-34(2)45-29-28(44-31(30(29)46-34)33-36-27(22-49-33)32(35)37)21-43-48(39,42-20-26-16-10-5-11-17-26)23-47(38,40-18-24-12-6-3-7-13-24)41-19-25-14-8-4-9-15-25/h3-17,22,28-31H,18-21,23H2,1-2H3,(H2,35,37)/t28-,29-,30-,31-,48?/m1/s1. The molecule has 2 saturated heterocycles. The molecule has 0 spiro atoms. The predicted molar refractivity (Wildman–Crippen MR) is 182 cm³/mol. The minimum absolute atomic E-state index is 0.0515. The summed E-state index contributed by atoms with van der Waals surface area (Å²) in [5.41, 5.74) is 7.78. The number of rotatable bonds is 16. The van der Waals surface area contributed by atoms with Gasteiger partial charge in [0.25, 0.3) is 5.91 Å². The van der Waals surface area contributed by atoms with E-state index in [9.17, 15) is 13.9 Å². The molecule has 2 aliphatic heterocycles. The quantitative estimate of drug-likeness (QED) is 0.116. The van der Waals surface area contributed by atoms with Crippen molar-refractivity contribution < 1.29 is 46.2 Å². The van der Waals surface area contributed by atoms with E-state index in [1.165, 1.54) is 11.3 Å². The molecule has 3 heterocycles. The average molecular weight is 729 g/mol. The molecule has 3 aromatic carbocycles. The molecule has 12 nitrogen and oxygen atoms in total. The van der Waals surface area contributed by atoms with Gasteiger partial charge >= 0.3 is 15.2 Å². The van der Waals surface area contributed by atoms with Crippen molar-refractivity contribution in [1.82, 2.24) is 4.98 Å². The zero-order valence-corrected chi connectivity index (χ0v) is 29.6. The predicted octanol–water partition coefficient (Wildman–Crippen LogP) is 7.21. The van der Waals surface area contributed by atoms with Crippen molar-refractivity contribution in [1.29, 1.82) is 0 Å². The average Bonchev–Trinajstić information content (AvgIpc) is 3.80. The first-order chi connectivity index (χ1) is 23.5. The van der Waals surface area contributed by atoms with Crippen molar-refractivity contribution in [3.63, 3.8) is 0 Å². The third-order valence-corrected chi connectivity index (χ3v) is 13.5. The maximum atomic E-state index is 14.7. The Morgan fingerprint density at radius 3 is 1.71 bits per heavy atom. The molecule has 4 aromatic rings. The van der Waals surface area contributed by atoms with Crippen LogP contribution in [0.25, 0.3) is 0 Å². The summed E-state index contributed by atoms with van der Waals surface area (Å²) < 4.78 is 71.7. The molecule has 0 saturated carbocycles. The number of aromatic nitrogens is 1. The van der Waals surface area contributed by atoms with Gasteiger partial charge in [0.05, 0.1) is 26.4 Å². The molecule has 49 heavy (non-hydrogen) atoms. The molecule has 1 unspecified atom stereocenters. The second-order valence-electron chi connectivity index (χ2n) is 12.0. The van der Waals surface area contributed by atoms with Gasteiger partial charge in [-0.1, -0.05) is 91.0 Å². The van der Waals surface area contributed by atoms with Gasteiger partial charge < -0.3 is 38.0 Å². The third-order valence-electron chi connectivity index (χ3n) is 7.76. The molecule has 15 heteroatoms. The Balaban J connectivity index is 1.24. The Labute approximate surface area is 288 Å². The van der Waals surface area contributed by atoms with Crippen LogP contribution in [0.5, 0.6) is 0 Å². The van der Waals surface area contributed by atoms with Crippen molar-refractivity contribution in [3.05, 3.63) is 124 Å². The zero-order chi connectivity index (χ0) is 34.5. The molecule has 0 radical (unpaired) electrons. The normalized spacial score (nSPS) is 22.8. The Morgan fingerprint density at radius 1 is 0.776 bits per heavy atom. The van der Waals surface area contributed by atoms with E-state index in [4.69, 9.17) is 38.0 Å². The first kappa shape index (κ1) is 35.8. The number of carbonyl (C=O) groups excluding carboxylic acids is 1. The van der Waals surface area contributed by atoms with Crippen molar-refractivity contribution >= 4 is 32.4 Å². The van der Waals surface area contributed by atoms with E-state index in [1.54, 1.807) is 19.2 Å². The maximum absolute atomic E-state index is 14.7. The molecule has 2 N–H and O–H groups in total. The summed E-state index contributed by atoms with van der Waals surface area (Å²) in [7, 11) is -8.36. The number of primary amides is 1. The number of carbonyl (C=O) groups is 1. The number of hydrogen-bond donors (Lipinski definition) is 1. The van der Waals surface area contributed by atoms with E-state index in [2.05, 4.69) is 4.98 Å². The van der Waals surface area contributed by atoms with Gasteiger partial charge in [-0.2, -0.15) is 0 Å². The molecule has 260 valence electrons. The number of fused-ring (bicyclic) bond motifs is 1. The molecule has 0 bridgehead atoms. The van der Waals surface area contributed by atoms with Crippen LogP contribution >= 0.6 is 26.5 Å². The minimum atomic E-state index is -4.23. The van der Waals surface area contributed by atoms with Crippen LogP contribution in [0.4, 0.5) is 0 Å². The minimum Gasteiger partial charge on any atom is -0.364 e. The second kappa shape index (κ2) is 15.4. The Bertz CT molecular complexity index is 1750. The fraction of sp³-hybridized carbons (Fsp3) is 0.353. The fourth-order valence-electron chi connectivity index (χ4n) is 5.42. The van der Waals surface area contributed by atoms with Gasteiger partial charge in [0, 0.05) is 5.38 Å². The Hall–Kier alpha value is -3.06. The molecule has 5 atom stereocenters. The number of amides is 1. The summed E-state index contributed by atoms with van der Waals surface area (Å²) in [6, 6.07) is 27.5. The monoisotopic (exact) mass is 728 g/mol. The van der Waals surface area contributed by atoms with E-state index in [0.29, 0.717) is 5.01 Å². The van der Waals surface area contributed by atoms with Crippen molar-refractivity contribution in [2.75, 3.05) is 12.5 Å².